The summed E-state index contributed by atoms with van der Waals surface area (Å²) in [4.78, 5) is 25.6. The first-order chi connectivity index (χ1) is 12.0. The van der Waals surface area contributed by atoms with Gasteiger partial charge in [0.25, 0.3) is 5.91 Å². The van der Waals surface area contributed by atoms with Crippen molar-refractivity contribution in [1.29, 1.82) is 5.26 Å². The van der Waals surface area contributed by atoms with E-state index in [-0.39, 0.29) is 23.8 Å². The Morgan fingerprint density at radius 3 is 2.52 bits per heavy atom. The summed E-state index contributed by atoms with van der Waals surface area (Å²) in [5.41, 5.74) is 1.36. The molecule has 0 N–H and O–H groups in total. The van der Waals surface area contributed by atoms with E-state index in [2.05, 4.69) is 0 Å². The monoisotopic (exact) mass is 340 g/mol. The minimum Gasteiger partial charge on any atom is -0.452 e. The average Bonchev–Trinajstić information content (AvgIpc) is 2.64. The Kier molecular flexibility index (Phi) is 6.24. The van der Waals surface area contributed by atoms with Crippen LogP contribution in [0.1, 0.15) is 28.4 Å². The number of nitrogens with zero attached hydrogens (tertiary/aromatic N) is 2. The minimum atomic E-state index is -0.639. The molecule has 0 atom stereocenters. The molecule has 0 fully saturated rings. The number of benzene rings is 2. The van der Waals surface area contributed by atoms with E-state index < -0.39 is 12.6 Å². The van der Waals surface area contributed by atoms with Gasteiger partial charge in [-0.1, -0.05) is 12.1 Å². The van der Waals surface area contributed by atoms with Crippen LogP contribution in [-0.2, 0) is 16.1 Å². The normalized spacial score (nSPS) is 9.96. The van der Waals surface area contributed by atoms with Gasteiger partial charge in [-0.05, 0) is 48.9 Å². The number of ether oxygens (including phenoxy) is 1. The smallest absolute Gasteiger partial charge is 0.338 e. The standard InChI is InChI=1S/C19H17FN2O3/c1-2-22(12-15-4-3-5-17(20)10-15)18(23)13-25-19(24)16-8-6-14(11-21)7-9-16/h3-10H,2,12-13H2,1H3. The molecule has 2 rings (SSSR count). The summed E-state index contributed by atoms with van der Waals surface area (Å²) in [6.45, 7) is 2.03. The van der Waals surface area contributed by atoms with E-state index in [0.717, 1.165) is 0 Å². The summed E-state index contributed by atoms with van der Waals surface area (Å²) in [5.74, 6) is -1.37. The zero-order valence-electron chi connectivity index (χ0n) is 13.7. The molecule has 0 saturated heterocycles. The van der Waals surface area contributed by atoms with Gasteiger partial charge in [-0.3, -0.25) is 4.79 Å². The van der Waals surface area contributed by atoms with E-state index in [0.29, 0.717) is 17.7 Å². The van der Waals surface area contributed by atoms with Gasteiger partial charge >= 0.3 is 5.97 Å². The van der Waals surface area contributed by atoms with E-state index in [9.17, 15) is 14.0 Å². The summed E-state index contributed by atoms with van der Waals surface area (Å²) in [7, 11) is 0. The lowest BCUT2D eigenvalue weighted by atomic mass is 10.1. The number of likely N-dealkylation sites (N-methyl/N-ethyl adjacent to an activating group) is 1. The highest BCUT2D eigenvalue weighted by molar-refractivity contribution is 5.91. The molecule has 5 nitrogen and oxygen atoms in total. The quantitative estimate of drug-likeness (QED) is 0.758. The zero-order valence-corrected chi connectivity index (χ0v) is 13.7. The van der Waals surface area contributed by atoms with E-state index in [1.165, 1.54) is 41.3 Å². The van der Waals surface area contributed by atoms with Gasteiger partial charge in [-0.2, -0.15) is 5.26 Å². The molecule has 0 aliphatic rings. The van der Waals surface area contributed by atoms with Gasteiger partial charge in [-0.25, -0.2) is 9.18 Å². The zero-order chi connectivity index (χ0) is 18.2. The topological polar surface area (TPSA) is 70.4 Å². The Hall–Kier alpha value is -3.20. The largest absolute Gasteiger partial charge is 0.452 e. The van der Waals surface area contributed by atoms with Gasteiger partial charge in [0.2, 0.25) is 0 Å². The van der Waals surface area contributed by atoms with Crippen molar-refractivity contribution in [2.45, 2.75) is 13.5 Å². The Morgan fingerprint density at radius 1 is 1.20 bits per heavy atom. The van der Waals surface area contributed by atoms with Crippen LogP contribution in [0, 0.1) is 17.1 Å². The van der Waals surface area contributed by atoms with Crippen LogP contribution < -0.4 is 0 Å². The number of nitriles is 1. The highest BCUT2D eigenvalue weighted by Gasteiger charge is 2.16. The molecule has 128 valence electrons. The first-order valence-electron chi connectivity index (χ1n) is 7.73. The lowest BCUT2D eigenvalue weighted by Crippen LogP contribution is -2.34. The van der Waals surface area contributed by atoms with Gasteiger partial charge in [0.1, 0.15) is 5.82 Å². The van der Waals surface area contributed by atoms with Crippen molar-refractivity contribution in [3.63, 3.8) is 0 Å². The van der Waals surface area contributed by atoms with Crippen molar-refractivity contribution in [3.05, 3.63) is 71.0 Å². The summed E-state index contributed by atoms with van der Waals surface area (Å²) < 4.78 is 18.2. The molecule has 0 unspecified atom stereocenters. The molecular formula is C19H17FN2O3. The van der Waals surface area contributed by atoms with E-state index in [1.807, 2.05) is 6.07 Å². The predicted molar refractivity (Wildman–Crippen MR) is 88.9 cm³/mol. The Bertz CT molecular complexity index is 797. The number of halogens is 1. The maximum atomic E-state index is 13.2. The van der Waals surface area contributed by atoms with Crippen molar-refractivity contribution < 1.29 is 18.7 Å². The molecule has 1 amide bonds. The number of rotatable bonds is 6. The van der Waals surface area contributed by atoms with Crippen LogP contribution in [0.15, 0.2) is 48.5 Å². The first-order valence-corrected chi connectivity index (χ1v) is 7.73. The fourth-order valence-corrected chi connectivity index (χ4v) is 2.21. The average molecular weight is 340 g/mol. The summed E-state index contributed by atoms with van der Waals surface area (Å²) in [6, 6.07) is 13.9. The number of hydrogen-bond donors (Lipinski definition) is 0. The second kappa shape index (κ2) is 8.60. The van der Waals surface area contributed by atoms with Crippen LogP contribution in [0.2, 0.25) is 0 Å². The Balaban J connectivity index is 1.92. The third-order valence-electron chi connectivity index (χ3n) is 3.57. The van der Waals surface area contributed by atoms with Crippen LogP contribution in [0.3, 0.4) is 0 Å². The number of hydrogen-bond acceptors (Lipinski definition) is 4. The van der Waals surface area contributed by atoms with Crippen molar-refractivity contribution in [2.24, 2.45) is 0 Å². The second-order valence-electron chi connectivity index (χ2n) is 5.30. The maximum absolute atomic E-state index is 13.2. The summed E-state index contributed by atoms with van der Waals surface area (Å²) in [6.07, 6.45) is 0. The molecule has 2 aromatic carbocycles. The molecule has 0 radical (unpaired) electrons. The fourth-order valence-electron chi connectivity index (χ4n) is 2.21. The fraction of sp³-hybridized carbons (Fsp3) is 0.211. The molecule has 0 aliphatic heterocycles. The molecule has 0 aromatic heterocycles. The van der Waals surface area contributed by atoms with E-state index in [1.54, 1.807) is 19.1 Å². The molecule has 0 heterocycles. The van der Waals surface area contributed by atoms with E-state index >= 15 is 0 Å². The van der Waals surface area contributed by atoms with Crippen molar-refractivity contribution in [3.8, 4) is 6.07 Å². The van der Waals surface area contributed by atoms with Crippen molar-refractivity contribution in [1.82, 2.24) is 4.90 Å². The SMILES string of the molecule is CCN(Cc1cccc(F)c1)C(=O)COC(=O)c1ccc(C#N)cc1. The van der Waals surface area contributed by atoms with Gasteiger partial charge in [0.05, 0.1) is 17.2 Å². The number of esters is 1. The molecule has 0 aliphatic carbocycles. The molecule has 0 spiro atoms. The van der Waals surface area contributed by atoms with Gasteiger partial charge < -0.3 is 9.64 Å². The Labute approximate surface area is 145 Å². The van der Waals surface area contributed by atoms with Crippen LogP contribution in [0.25, 0.3) is 0 Å². The minimum absolute atomic E-state index is 0.238. The molecular weight excluding hydrogens is 323 g/mol. The second-order valence-corrected chi connectivity index (χ2v) is 5.30. The van der Waals surface area contributed by atoms with Crippen molar-refractivity contribution in [2.75, 3.05) is 13.2 Å². The number of amides is 1. The first kappa shape index (κ1) is 18.1. The predicted octanol–water partition coefficient (Wildman–Crippen LogP) is 2.90. The Morgan fingerprint density at radius 2 is 1.92 bits per heavy atom. The van der Waals surface area contributed by atoms with Crippen LogP contribution in [0.4, 0.5) is 4.39 Å². The van der Waals surface area contributed by atoms with Crippen molar-refractivity contribution >= 4 is 11.9 Å². The van der Waals surface area contributed by atoms with Crippen LogP contribution in [-0.4, -0.2) is 29.9 Å². The van der Waals surface area contributed by atoms with Crippen LogP contribution in [0.5, 0.6) is 0 Å². The van der Waals surface area contributed by atoms with Gasteiger partial charge in [0.15, 0.2) is 6.61 Å². The number of carbonyl (C=O) groups excluding carboxylic acids is 2. The van der Waals surface area contributed by atoms with Gasteiger partial charge in [0, 0.05) is 13.1 Å². The van der Waals surface area contributed by atoms with E-state index in [4.69, 9.17) is 10.00 Å². The third-order valence-corrected chi connectivity index (χ3v) is 3.57. The number of carbonyl (C=O) groups is 2. The molecule has 0 saturated carbocycles. The van der Waals surface area contributed by atoms with Crippen LogP contribution >= 0.6 is 0 Å². The molecule has 2 aromatic rings. The molecule has 25 heavy (non-hydrogen) atoms. The maximum Gasteiger partial charge on any atom is 0.338 e. The highest BCUT2D eigenvalue weighted by atomic mass is 19.1. The molecule has 0 bridgehead atoms. The highest BCUT2D eigenvalue weighted by Crippen LogP contribution is 2.09. The lowest BCUT2D eigenvalue weighted by molar-refractivity contribution is -0.134. The van der Waals surface area contributed by atoms with Gasteiger partial charge in [-0.15, -0.1) is 0 Å². The lowest BCUT2D eigenvalue weighted by Gasteiger charge is -2.21. The summed E-state index contributed by atoms with van der Waals surface area (Å²) >= 11 is 0. The molecule has 6 heteroatoms. The summed E-state index contributed by atoms with van der Waals surface area (Å²) in [5, 5.41) is 8.73. The third kappa shape index (κ3) is 5.15.